The van der Waals surface area contributed by atoms with Crippen LogP contribution in [-0.4, -0.2) is 58.5 Å². The quantitative estimate of drug-likeness (QED) is 0.726. The summed E-state index contributed by atoms with van der Waals surface area (Å²) in [7, 11) is 0. The van der Waals surface area contributed by atoms with E-state index in [-0.39, 0.29) is 18.3 Å². The molecular formula is C19H24BrN3O4. The largest absolute Gasteiger partial charge is 0.486 e. The maximum atomic E-state index is 12.3. The fourth-order valence-corrected chi connectivity index (χ4v) is 3.25. The first-order chi connectivity index (χ1) is 12.7. The normalized spacial score (nSPS) is 19.0. The number of ether oxygens (including phenoxy) is 3. The number of rotatable bonds is 3. The zero-order valence-corrected chi connectivity index (χ0v) is 17.5. The van der Waals surface area contributed by atoms with Crippen molar-refractivity contribution in [2.75, 3.05) is 19.7 Å². The molecule has 2 atom stereocenters. The fraction of sp³-hybridized carbons (Fsp3) is 0.526. The van der Waals surface area contributed by atoms with Crippen molar-refractivity contribution in [2.24, 2.45) is 0 Å². The van der Waals surface area contributed by atoms with Crippen LogP contribution in [-0.2, 0) is 9.47 Å². The van der Waals surface area contributed by atoms with Crippen molar-refractivity contribution in [1.29, 1.82) is 0 Å². The minimum absolute atomic E-state index is 0.267. The summed E-state index contributed by atoms with van der Waals surface area (Å²) in [5, 5.41) is 0. The van der Waals surface area contributed by atoms with Crippen LogP contribution in [0.3, 0.4) is 0 Å². The number of halogens is 1. The number of hydrogen-bond acceptors (Lipinski definition) is 6. The minimum Gasteiger partial charge on any atom is -0.486 e. The lowest BCUT2D eigenvalue weighted by atomic mass is 10.1. The molecule has 0 spiro atoms. The van der Waals surface area contributed by atoms with Gasteiger partial charge in [-0.1, -0.05) is 15.9 Å². The first-order valence-electron chi connectivity index (χ1n) is 8.89. The highest BCUT2D eigenvalue weighted by Crippen LogP contribution is 2.29. The van der Waals surface area contributed by atoms with Gasteiger partial charge in [-0.05, 0) is 39.8 Å². The number of nitrogens with zero attached hydrogens (tertiary/aromatic N) is 3. The number of carbonyl (C=O) groups is 1. The first kappa shape index (κ1) is 19.8. The standard InChI is InChI=1S/C19H24BrN3O4/c1-12(16-11-23(7-8-25-16)18(24)27-19(2,3)4)26-15-10-13(20)9-14-17(15)22-6-5-21-14/h5-6,9-10,12,16H,7-8,11H2,1-4H3/t12-,16+/m1/s1. The van der Waals surface area contributed by atoms with Crippen molar-refractivity contribution in [3.63, 3.8) is 0 Å². The molecule has 0 N–H and O–H groups in total. The van der Waals surface area contributed by atoms with Crippen LogP contribution in [0.2, 0.25) is 0 Å². The Morgan fingerprint density at radius 1 is 1.33 bits per heavy atom. The highest BCUT2D eigenvalue weighted by molar-refractivity contribution is 9.10. The van der Waals surface area contributed by atoms with Crippen molar-refractivity contribution >= 4 is 33.1 Å². The molecule has 1 saturated heterocycles. The topological polar surface area (TPSA) is 73.8 Å². The van der Waals surface area contributed by atoms with Crippen LogP contribution in [0.15, 0.2) is 29.0 Å². The highest BCUT2D eigenvalue weighted by atomic mass is 79.9. The predicted molar refractivity (Wildman–Crippen MR) is 105 cm³/mol. The van der Waals surface area contributed by atoms with Gasteiger partial charge in [-0.15, -0.1) is 0 Å². The summed E-state index contributed by atoms with van der Waals surface area (Å²) in [5.41, 5.74) is 0.905. The molecule has 1 fully saturated rings. The Bertz CT molecular complexity index is 824. The van der Waals surface area contributed by atoms with Crippen molar-refractivity contribution in [2.45, 2.75) is 45.5 Å². The number of carbonyl (C=O) groups excluding carboxylic acids is 1. The van der Waals surface area contributed by atoms with Crippen LogP contribution in [0.4, 0.5) is 4.79 Å². The van der Waals surface area contributed by atoms with Crippen molar-refractivity contribution in [1.82, 2.24) is 14.9 Å². The molecule has 8 heteroatoms. The van der Waals surface area contributed by atoms with Crippen LogP contribution in [0.5, 0.6) is 5.75 Å². The molecule has 0 aliphatic carbocycles. The Morgan fingerprint density at radius 2 is 2.07 bits per heavy atom. The maximum Gasteiger partial charge on any atom is 0.410 e. The number of fused-ring (bicyclic) bond motifs is 1. The van der Waals surface area contributed by atoms with E-state index in [1.54, 1.807) is 17.3 Å². The van der Waals surface area contributed by atoms with Crippen LogP contribution in [0.25, 0.3) is 11.0 Å². The van der Waals surface area contributed by atoms with E-state index >= 15 is 0 Å². The molecule has 2 heterocycles. The second-order valence-electron chi connectivity index (χ2n) is 7.49. The minimum atomic E-state index is -0.527. The molecule has 27 heavy (non-hydrogen) atoms. The summed E-state index contributed by atoms with van der Waals surface area (Å²) in [5.74, 6) is 0.623. The zero-order chi connectivity index (χ0) is 19.6. The number of morpholine rings is 1. The van der Waals surface area contributed by atoms with Crippen LogP contribution >= 0.6 is 15.9 Å². The number of benzene rings is 1. The second kappa shape index (κ2) is 7.98. The third-order valence-electron chi connectivity index (χ3n) is 4.09. The lowest BCUT2D eigenvalue weighted by Crippen LogP contribution is -2.51. The Labute approximate surface area is 167 Å². The zero-order valence-electron chi connectivity index (χ0n) is 15.9. The summed E-state index contributed by atoms with van der Waals surface area (Å²) in [6.45, 7) is 8.84. The van der Waals surface area contributed by atoms with E-state index in [4.69, 9.17) is 14.2 Å². The Hall–Kier alpha value is -1.93. The predicted octanol–water partition coefficient (Wildman–Crippen LogP) is 3.80. The molecule has 1 amide bonds. The van der Waals surface area contributed by atoms with E-state index in [0.29, 0.717) is 31.0 Å². The lowest BCUT2D eigenvalue weighted by molar-refractivity contribution is -0.0775. The van der Waals surface area contributed by atoms with Gasteiger partial charge in [0, 0.05) is 23.4 Å². The molecule has 0 radical (unpaired) electrons. The second-order valence-corrected chi connectivity index (χ2v) is 8.40. The van der Waals surface area contributed by atoms with E-state index in [0.717, 1.165) is 9.99 Å². The van der Waals surface area contributed by atoms with E-state index in [1.165, 1.54) is 0 Å². The third kappa shape index (κ3) is 5.07. The summed E-state index contributed by atoms with van der Waals surface area (Å²) >= 11 is 3.48. The van der Waals surface area contributed by atoms with Crippen LogP contribution in [0, 0.1) is 0 Å². The highest BCUT2D eigenvalue weighted by Gasteiger charge is 2.32. The average Bonchev–Trinajstić information content (AvgIpc) is 2.60. The molecule has 3 rings (SSSR count). The van der Waals surface area contributed by atoms with Gasteiger partial charge in [0.05, 0.1) is 18.7 Å². The Balaban J connectivity index is 1.71. The lowest BCUT2D eigenvalue weighted by Gasteiger charge is -2.36. The van der Waals surface area contributed by atoms with Gasteiger partial charge in [-0.25, -0.2) is 9.78 Å². The van der Waals surface area contributed by atoms with Gasteiger partial charge in [-0.2, -0.15) is 0 Å². The Morgan fingerprint density at radius 3 is 2.81 bits per heavy atom. The number of aromatic nitrogens is 2. The van der Waals surface area contributed by atoms with E-state index < -0.39 is 5.60 Å². The average molecular weight is 438 g/mol. The molecule has 1 aliphatic heterocycles. The summed E-state index contributed by atoms with van der Waals surface area (Å²) in [6, 6.07) is 3.75. The van der Waals surface area contributed by atoms with Crippen molar-refractivity contribution in [3.05, 3.63) is 29.0 Å². The molecule has 1 aliphatic rings. The number of hydrogen-bond donors (Lipinski definition) is 0. The molecule has 7 nitrogen and oxygen atoms in total. The van der Waals surface area contributed by atoms with Crippen molar-refractivity contribution < 1.29 is 19.0 Å². The monoisotopic (exact) mass is 437 g/mol. The van der Waals surface area contributed by atoms with Crippen LogP contribution in [0.1, 0.15) is 27.7 Å². The van der Waals surface area contributed by atoms with E-state index in [2.05, 4.69) is 25.9 Å². The molecule has 0 bridgehead atoms. The van der Waals surface area contributed by atoms with Gasteiger partial charge in [0.25, 0.3) is 0 Å². The molecule has 0 unspecified atom stereocenters. The molecular weight excluding hydrogens is 414 g/mol. The summed E-state index contributed by atoms with van der Waals surface area (Å²) in [4.78, 5) is 22.7. The van der Waals surface area contributed by atoms with Gasteiger partial charge in [0.2, 0.25) is 0 Å². The van der Waals surface area contributed by atoms with Crippen molar-refractivity contribution in [3.8, 4) is 5.75 Å². The molecule has 0 saturated carbocycles. The van der Waals surface area contributed by atoms with Gasteiger partial charge in [0.1, 0.15) is 29.1 Å². The maximum absolute atomic E-state index is 12.3. The van der Waals surface area contributed by atoms with Gasteiger partial charge in [0.15, 0.2) is 0 Å². The molecule has 2 aromatic rings. The Kier molecular flexibility index (Phi) is 5.86. The first-order valence-corrected chi connectivity index (χ1v) is 9.69. The molecule has 1 aromatic carbocycles. The molecule has 1 aromatic heterocycles. The van der Waals surface area contributed by atoms with Gasteiger partial charge >= 0.3 is 6.09 Å². The van der Waals surface area contributed by atoms with Gasteiger partial charge < -0.3 is 19.1 Å². The third-order valence-corrected chi connectivity index (χ3v) is 4.54. The number of amides is 1. The summed E-state index contributed by atoms with van der Waals surface area (Å²) in [6.07, 6.45) is 2.40. The van der Waals surface area contributed by atoms with E-state index in [1.807, 2.05) is 39.8 Å². The smallest absolute Gasteiger partial charge is 0.410 e. The fourth-order valence-electron chi connectivity index (χ4n) is 2.83. The molecule has 146 valence electrons. The van der Waals surface area contributed by atoms with Gasteiger partial charge in [-0.3, -0.25) is 4.98 Å². The van der Waals surface area contributed by atoms with E-state index in [9.17, 15) is 4.79 Å². The summed E-state index contributed by atoms with van der Waals surface area (Å²) < 4.78 is 18.3. The van der Waals surface area contributed by atoms with Crippen LogP contribution < -0.4 is 4.74 Å². The SMILES string of the molecule is C[C@@H](Oc1cc(Br)cc2nccnc12)[C@@H]1CN(C(=O)OC(C)(C)C)CCO1.